The van der Waals surface area contributed by atoms with Crippen LogP contribution in [0.5, 0.6) is 0 Å². The first-order valence-corrected chi connectivity index (χ1v) is 11.3. The number of nitrogens with one attached hydrogen (secondary N) is 1. The Labute approximate surface area is 207 Å². The van der Waals surface area contributed by atoms with E-state index in [1.165, 1.54) is 24.3 Å². The van der Waals surface area contributed by atoms with Gasteiger partial charge in [-0.3, -0.25) is 10.1 Å². The fraction of sp³-hybridized carbons (Fsp3) is 0.0690. The number of carboxylic acids is 1. The molecule has 7 heteroatoms. The van der Waals surface area contributed by atoms with E-state index in [0.717, 1.165) is 23.1 Å². The first-order chi connectivity index (χ1) is 17.4. The van der Waals surface area contributed by atoms with Gasteiger partial charge in [-0.25, -0.2) is 9.18 Å². The van der Waals surface area contributed by atoms with E-state index in [1.807, 2.05) is 30.3 Å². The maximum atomic E-state index is 13.3. The zero-order valence-electron chi connectivity index (χ0n) is 19.2. The zero-order chi connectivity index (χ0) is 25.5. The lowest BCUT2D eigenvalue weighted by molar-refractivity contribution is -0.384. The second kappa shape index (κ2) is 11.1. The van der Waals surface area contributed by atoms with Gasteiger partial charge in [-0.15, -0.1) is 0 Å². The van der Waals surface area contributed by atoms with Crippen molar-refractivity contribution in [1.82, 2.24) is 0 Å². The van der Waals surface area contributed by atoms with Crippen molar-refractivity contribution in [3.8, 4) is 11.1 Å². The molecule has 6 nitrogen and oxygen atoms in total. The monoisotopic (exact) mass is 482 g/mol. The van der Waals surface area contributed by atoms with Gasteiger partial charge >= 0.3 is 5.97 Å². The van der Waals surface area contributed by atoms with Crippen LogP contribution in [0.15, 0.2) is 91.0 Å². The van der Waals surface area contributed by atoms with Gasteiger partial charge in [-0.1, -0.05) is 66.7 Å². The summed E-state index contributed by atoms with van der Waals surface area (Å²) in [6.07, 6.45) is 3.97. The van der Waals surface area contributed by atoms with Gasteiger partial charge in [0.2, 0.25) is 0 Å². The average molecular weight is 483 g/mol. The number of anilines is 1. The lowest BCUT2D eigenvalue weighted by Crippen LogP contribution is -2.07. The third-order valence-corrected chi connectivity index (χ3v) is 5.71. The van der Waals surface area contributed by atoms with Crippen LogP contribution in [0.3, 0.4) is 0 Å². The lowest BCUT2D eigenvalue weighted by atomic mass is 9.98. The van der Waals surface area contributed by atoms with Gasteiger partial charge in [-0.2, -0.15) is 0 Å². The number of hydrogen-bond acceptors (Lipinski definition) is 4. The molecule has 2 N–H and O–H groups in total. The van der Waals surface area contributed by atoms with Crippen LogP contribution in [0, 0.1) is 15.9 Å². The number of carboxylic acid groups (broad SMARTS) is 1. The number of nitro groups is 1. The largest absolute Gasteiger partial charge is 0.478 e. The Morgan fingerprint density at radius 3 is 2.33 bits per heavy atom. The summed E-state index contributed by atoms with van der Waals surface area (Å²) < 4.78 is 13.3. The number of hydrogen-bond donors (Lipinski definition) is 2. The molecule has 36 heavy (non-hydrogen) atoms. The van der Waals surface area contributed by atoms with E-state index in [1.54, 1.807) is 48.6 Å². The maximum Gasteiger partial charge on any atom is 0.336 e. The number of nitrogens with zero attached hydrogens (tertiary/aromatic N) is 1. The van der Waals surface area contributed by atoms with Gasteiger partial charge in [-0.05, 0) is 64.6 Å². The fourth-order valence-electron chi connectivity index (χ4n) is 3.84. The number of nitro benzene ring substituents is 1. The minimum atomic E-state index is -1.09. The molecule has 0 saturated heterocycles. The van der Waals surface area contributed by atoms with E-state index >= 15 is 0 Å². The average Bonchev–Trinajstić information content (AvgIpc) is 2.88. The van der Waals surface area contributed by atoms with Crippen LogP contribution in [0.25, 0.3) is 23.3 Å². The zero-order valence-corrected chi connectivity index (χ0v) is 19.2. The van der Waals surface area contributed by atoms with E-state index in [9.17, 15) is 24.4 Å². The molecule has 0 aliphatic rings. The third kappa shape index (κ3) is 6.01. The topological polar surface area (TPSA) is 92.5 Å². The molecule has 0 fully saturated rings. The summed E-state index contributed by atoms with van der Waals surface area (Å²) >= 11 is 0. The normalized spacial score (nSPS) is 10.9. The van der Waals surface area contributed by atoms with Crippen LogP contribution in [0.4, 0.5) is 15.8 Å². The van der Waals surface area contributed by atoms with Crippen molar-refractivity contribution < 1.29 is 19.2 Å². The summed E-state index contributed by atoms with van der Waals surface area (Å²) in [4.78, 5) is 23.0. The third-order valence-electron chi connectivity index (χ3n) is 5.71. The van der Waals surface area contributed by atoms with E-state index in [-0.39, 0.29) is 17.1 Å². The number of benzene rings is 4. The number of carbonyl (C=O) groups is 1. The summed E-state index contributed by atoms with van der Waals surface area (Å²) in [5.74, 6) is -1.45. The quantitative estimate of drug-likeness (QED) is 0.153. The first-order valence-electron chi connectivity index (χ1n) is 11.3. The number of rotatable bonds is 9. The van der Waals surface area contributed by atoms with Crippen LogP contribution < -0.4 is 5.32 Å². The van der Waals surface area contributed by atoms with Crippen molar-refractivity contribution in [3.63, 3.8) is 0 Å². The van der Waals surface area contributed by atoms with Gasteiger partial charge in [0, 0.05) is 12.6 Å². The molecule has 4 aromatic rings. The SMILES string of the molecule is O=C(O)c1ccc(-c2ccc(F)cc2)cc1C=Cc1ccc(NCCc2ccccc2)c([N+](=O)[O-])c1. The van der Waals surface area contributed by atoms with Crippen molar-refractivity contribution in [1.29, 1.82) is 0 Å². The highest BCUT2D eigenvalue weighted by atomic mass is 19.1. The summed E-state index contributed by atoms with van der Waals surface area (Å²) in [6.45, 7) is 0.540. The van der Waals surface area contributed by atoms with Crippen molar-refractivity contribution >= 4 is 29.5 Å². The standard InChI is InChI=1S/C29H23FN2O4/c30-25-12-9-22(10-13-25)23-11-14-26(29(33)34)24(19-23)8-6-21-7-15-27(28(18-21)32(35)36)31-17-16-20-4-2-1-3-5-20/h1-15,18-19,31H,16-17H2,(H,33,34). The van der Waals surface area contributed by atoms with Crippen molar-refractivity contribution in [3.05, 3.63) is 129 Å². The molecule has 0 spiro atoms. The summed E-state index contributed by atoms with van der Waals surface area (Å²) in [6, 6.07) is 25.4. The second-order valence-electron chi connectivity index (χ2n) is 8.14. The fourth-order valence-corrected chi connectivity index (χ4v) is 3.84. The van der Waals surface area contributed by atoms with Crippen LogP contribution in [-0.2, 0) is 6.42 Å². The van der Waals surface area contributed by atoms with Gasteiger partial charge in [0.15, 0.2) is 0 Å². The summed E-state index contributed by atoms with van der Waals surface area (Å²) in [5.41, 5.74) is 4.01. The Morgan fingerprint density at radius 2 is 1.64 bits per heavy atom. The van der Waals surface area contributed by atoms with Gasteiger partial charge in [0.05, 0.1) is 10.5 Å². The Kier molecular flexibility index (Phi) is 7.51. The highest BCUT2D eigenvalue weighted by Crippen LogP contribution is 2.28. The molecule has 0 unspecified atom stereocenters. The van der Waals surface area contributed by atoms with E-state index in [2.05, 4.69) is 5.32 Å². The Morgan fingerprint density at radius 1 is 0.917 bits per heavy atom. The van der Waals surface area contributed by atoms with Crippen molar-refractivity contribution in [2.45, 2.75) is 6.42 Å². The van der Waals surface area contributed by atoms with Gasteiger partial charge in [0.1, 0.15) is 11.5 Å². The number of halogens is 1. The summed E-state index contributed by atoms with van der Waals surface area (Å²) in [5, 5.41) is 24.4. The van der Waals surface area contributed by atoms with E-state index in [0.29, 0.717) is 23.4 Å². The maximum absolute atomic E-state index is 13.3. The highest BCUT2D eigenvalue weighted by Gasteiger charge is 2.14. The minimum Gasteiger partial charge on any atom is -0.478 e. The van der Waals surface area contributed by atoms with Crippen LogP contribution in [0.2, 0.25) is 0 Å². The molecule has 0 amide bonds. The Hall–Kier alpha value is -4.78. The second-order valence-corrected chi connectivity index (χ2v) is 8.14. The molecule has 0 heterocycles. The predicted molar refractivity (Wildman–Crippen MR) is 139 cm³/mol. The van der Waals surface area contributed by atoms with Crippen LogP contribution in [0.1, 0.15) is 27.0 Å². The minimum absolute atomic E-state index is 0.0660. The first kappa shape index (κ1) is 24.3. The molecule has 0 aliphatic carbocycles. The van der Waals surface area contributed by atoms with Crippen molar-refractivity contribution in [2.75, 3.05) is 11.9 Å². The van der Waals surface area contributed by atoms with Gasteiger partial charge in [0.25, 0.3) is 5.69 Å². The van der Waals surface area contributed by atoms with Crippen molar-refractivity contribution in [2.24, 2.45) is 0 Å². The van der Waals surface area contributed by atoms with Crippen LogP contribution in [-0.4, -0.2) is 22.5 Å². The molecule has 0 radical (unpaired) electrons. The molecule has 0 aromatic heterocycles. The van der Waals surface area contributed by atoms with Gasteiger partial charge < -0.3 is 10.4 Å². The number of aromatic carboxylic acids is 1. The summed E-state index contributed by atoms with van der Waals surface area (Å²) in [7, 11) is 0. The molecular weight excluding hydrogens is 459 g/mol. The van der Waals surface area contributed by atoms with Crippen LogP contribution >= 0.6 is 0 Å². The molecule has 4 rings (SSSR count). The molecular formula is C29H23FN2O4. The van der Waals surface area contributed by atoms with E-state index < -0.39 is 10.9 Å². The highest BCUT2D eigenvalue weighted by molar-refractivity contribution is 5.94. The molecule has 0 bridgehead atoms. The Bertz CT molecular complexity index is 1420. The molecule has 0 saturated carbocycles. The molecule has 0 aliphatic heterocycles. The van der Waals surface area contributed by atoms with E-state index in [4.69, 9.17) is 0 Å². The molecule has 180 valence electrons. The molecule has 4 aromatic carbocycles. The smallest absolute Gasteiger partial charge is 0.336 e. The lowest BCUT2D eigenvalue weighted by Gasteiger charge is -2.09. The molecule has 0 atom stereocenters. The predicted octanol–water partition coefficient (Wildman–Crippen LogP) is 6.92. The Balaban J connectivity index is 1.57.